The second-order valence-electron chi connectivity index (χ2n) is 7.21. The molecule has 1 amide bonds. The third-order valence-corrected chi connectivity index (χ3v) is 5.33. The zero-order valence-electron chi connectivity index (χ0n) is 15.6. The van der Waals surface area contributed by atoms with Crippen molar-refractivity contribution in [1.29, 1.82) is 0 Å². The summed E-state index contributed by atoms with van der Waals surface area (Å²) in [5.41, 5.74) is 2.39. The Labute approximate surface area is 157 Å². The summed E-state index contributed by atoms with van der Waals surface area (Å²) in [6.07, 6.45) is 2.95. The number of rotatable bonds is 3. The third-order valence-electron chi connectivity index (χ3n) is 5.33. The number of aromatic nitrogens is 2. The normalized spacial score (nSPS) is 17.4. The average molecular weight is 365 g/mol. The van der Waals surface area contributed by atoms with Gasteiger partial charge in [-0.05, 0) is 45.2 Å². The molecule has 1 aromatic carbocycles. The lowest BCUT2D eigenvalue weighted by Crippen LogP contribution is -2.40. The van der Waals surface area contributed by atoms with Gasteiger partial charge in [0.2, 0.25) is 5.91 Å². The molecule has 6 heteroatoms. The van der Waals surface area contributed by atoms with Gasteiger partial charge in [0.25, 0.3) is 0 Å². The van der Waals surface area contributed by atoms with Crippen molar-refractivity contribution in [3.8, 4) is 0 Å². The van der Waals surface area contributed by atoms with Crippen LogP contribution in [0.4, 0.5) is 0 Å². The maximum absolute atomic E-state index is 13.2. The van der Waals surface area contributed by atoms with E-state index in [1.54, 1.807) is 12.1 Å². The summed E-state index contributed by atoms with van der Waals surface area (Å²) in [7, 11) is 0. The van der Waals surface area contributed by atoms with Crippen LogP contribution in [-0.4, -0.2) is 27.1 Å². The first kappa shape index (κ1) is 17.5. The second kappa shape index (κ2) is 7.02. The fourth-order valence-corrected chi connectivity index (χ4v) is 3.97. The number of amides is 1. The number of fused-ring (bicyclic) bond motifs is 1. The summed E-state index contributed by atoms with van der Waals surface area (Å²) in [5, 5.41) is 4.78. The van der Waals surface area contributed by atoms with E-state index >= 15 is 0 Å². The number of hydrogen-bond donors (Lipinski definition) is 0. The molecular weight excluding hydrogens is 342 g/mol. The Hall–Kier alpha value is -2.89. The first-order valence-corrected chi connectivity index (χ1v) is 9.36. The predicted octanol–water partition coefficient (Wildman–Crippen LogP) is 3.36. The van der Waals surface area contributed by atoms with Crippen molar-refractivity contribution < 1.29 is 9.32 Å². The molecule has 3 heterocycles. The monoisotopic (exact) mass is 365 g/mol. The minimum atomic E-state index is -0.0466. The number of carbonyl (C=O) groups is 1. The van der Waals surface area contributed by atoms with E-state index in [1.165, 1.54) is 0 Å². The Balaban J connectivity index is 1.67. The van der Waals surface area contributed by atoms with Crippen LogP contribution in [0.25, 0.3) is 10.9 Å². The van der Waals surface area contributed by atoms with E-state index in [0.717, 1.165) is 41.9 Å². The van der Waals surface area contributed by atoms with Crippen LogP contribution in [0.1, 0.15) is 42.5 Å². The smallest absolute Gasteiger partial charge is 0.243 e. The van der Waals surface area contributed by atoms with Crippen molar-refractivity contribution in [2.75, 3.05) is 6.54 Å². The highest BCUT2D eigenvalue weighted by Gasteiger charge is 2.30. The first-order chi connectivity index (χ1) is 13.0. The number of piperidine rings is 1. The Morgan fingerprint density at radius 1 is 1.22 bits per heavy atom. The Morgan fingerprint density at radius 3 is 2.81 bits per heavy atom. The van der Waals surface area contributed by atoms with Gasteiger partial charge in [0.15, 0.2) is 5.43 Å². The lowest BCUT2D eigenvalue weighted by Gasteiger charge is -2.35. The lowest BCUT2D eigenvalue weighted by atomic mass is 9.99. The Kier molecular flexibility index (Phi) is 4.56. The van der Waals surface area contributed by atoms with Gasteiger partial charge in [0, 0.05) is 29.8 Å². The maximum atomic E-state index is 13.2. The van der Waals surface area contributed by atoms with Crippen molar-refractivity contribution in [2.45, 2.75) is 45.7 Å². The molecule has 27 heavy (non-hydrogen) atoms. The second-order valence-corrected chi connectivity index (χ2v) is 7.21. The van der Waals surface area contributed by atoms with Crippen molar-refractivity contribution in [3.63, 3.8) is 0 Å². The van der Waals surface area contributed by atoms with Gasteiger partial charge in [0.05, 0.1) is 11.6 Å². The predicted molar refractivity (Wildman–Crippen MR) is 102 cm³/mol. The Bertz CT molecular complexity index is 1050. The van der Waals surface area contributed by atoms with E-state index in [0.29, 0.717) is 11.9 Å². The van der Waals surface area contributed by atoms with Gasteiger partial charge < -0.3 is 14.0 Å². The van der Waals surface area contributed by atoms with E-state index < -0.39 is 0 Å². The van der Waals surface area contributed by atoms with Crippen LogP contribution < -0.4 is 5.43 Å². The van der Waals surface area contributed by atoms with Gasteiger partial charge in [-0.25, -0.2) is 0 Å². The van der Waals surface area contributed by atoms with Gasteiger partial charge in [-0.3, -0.25) is 9.59 Å². The molecule has 4 rings (SSSR count). The highest BCUT2D eigenvalue weighted by atomic mass is 16.5. The fraction of sp³-hybridized carbons (Fsp3) is 0.381. The van der Waals surface area contributed by atoms with Crippen LogP contribution in [0.2, 0.25) is 0 Å². The molecule has 1 fully saturated rings. The largest absolute Gasteiger partial charge is 0.361 e. The summed E-state index contributed by atoms with van der Waals surface area (Å²) in [5.74, 6) is 0.794. The van der Waals surface area contributed by atoms with Gasteiger partial charge >= 0.3 is 0 Å². The molecule has 2 aromatic heterocycles. The summed E-state index contributed by atoms with van der Waals surface area (Å²) >= 11 is 0. The minimum absolute atomic E-state index is 0.0132. The van der Waals surface area contributed by atoms with Crippen molar-refractivity contribution in [2.24, 2.45) is 0 Å². The number of likely N-dealkylation sites (tertiary alicyclic amines) is 1. The molecule has 0 radical (unpaired) electrons. The molecule has 1 atom stereocenters. The number of para-hydroxylation sites is 1. The third kappa shape index (κ3) is 3.27. The highest BCUT2D eigenvalue weighted by Crippen LogP contribution is 2.31. The fourth-order valence-electron chi connectivity index (χ4n) is 3.97. The summed E-state index contributed by atoms with van der Waals surface area (Å²) in [6, 6.07) is 10.9. The van der Waals surface area contributed by atoms with Crippen LogP contribution in [0, 0.1) is 13.8 Å². The van der Waals surface area contributed by atoms with Gasteiger partial charge in [-0.2, -0.15) is 0 Å². The first-order valence-electron chi connectivity index (χ1n) is 9.36. The topological polar surface area (TPSA) is 68.3 Å². The SMILES string of the molecule is Cc1cc([C@@H]2CCCCN2C(=O)Cn2c(C)cc(=O)c3ccccc32)no1. The van der Waals surface area contributed by atoms with E-state index in [1.807, 2.05) is 47.6 Å². The number of benzene rings is 1. The molecule has 0 bridgehead atoms. The highest BCUT2D eigenvalue weighted by molar-refractivity contribution is 5.83. The van der Waals surface area contributed by atoms with Gasteiger partial charge in [0.1, 0.15) is 18.0 Å². The number of aryl methyl sites for hydroxylation is 2. The number of carbonyl (C=O) groups excluding carboxylic acids is 1. The lowest BCUT2D eigenvalue weighted by molar-refractivity contribution is -0.135. The molecule has 3 aromatic rings. The van der Waals surface area contributed by atoms with E-state index in [2.05, 4.69) is 5.16 Å². The van der Waals surface area contributed by atoms with E-state index in [-0.39, 0.29) is 23.9 Å². The maximum Gasteiger partial charge on any atom is 0.243 e. The van der Waals surface area contributed by atoms with Crippen molar-refractivity contribution in [1.82, 2.24) is 14.6 Å². The molecule has 0 saturated carbocycles. The molecule has 1 aliphatic rings. The molecule has 1 aliphatic heterocycles. The van der Waals surface area contributed by atoms with Crippen LogP contribution in [0.3, 0.4) is 0 Å². The van der Waals surface area contributed by atoms with Crippen molar-refractivity contribution in [3.05, 3.63) is 63.8 Å². The van der Waals surface area contributed by atoms with E-state index in [4.69, 9.17) is 4.52 Å². The van der Waals surface area contributed by atoms with Crippen LogP contribution in [0.5, 0.6) is 0 Å². The molecule has 1 saturated heterocycles. The number of pyridine rings is 1. The van der Waals surface area contributed by atoms with E-state index in [9.17, 15) is 9.59 Å². The molecule has 6 nitrogen and oxygen atoms in total. The molecule has 0 N–H and O–H groups in total. The molecular formula is C21H23N3O3. The minimum Gasteiger partial charge on any atom is -0.361 e. The summed E-state index contributed by atoms with van der Waals surface area (Å²) in [4.78, 5) is 27.4. The van der Waals surface area contributed by atoms with Crippen LogP contribution in [0.15, 0.2) is 45.7 Å². The van der Waals surface area contributed by atoms with Crippen molar-refractivity contribution >= 4 is 16.8 Å². The quantitative estimate of drug-likeness (QED) is 0.714. The zero-order valence-corrected chi connectivity index (χ0v) is 15.6. The average Bonchev–Trinajstić information content (AvgIpc) is 3.11. The molecule has 0 aliphatic carbocycles. The number of nitrogens with zero attached hydrogens (tertiary/aromatic N) is 3. The summed E-state index contributed by atoms with van der Waals surface area (Å²) < 4.78 is 7.16. The Morgan fingerprint density at radius 2 is 2.04 bits per heavy atom. The van der Waals surface area contributed by atoms with Gasteiger partial charge in [-0.1, -0.05) is 17.3 Å². The van der Waals surface area contributed by atoms with Crippen LogP contribution in [-0.2, 0) is 11.3 Å². The molecule has 0 unspecified atom stereocenters. The molecule has 0 spiro atoms. The van der Waals surface area contributed by atoms with Crippen LogP contribution >= 0.6 is 0 Å². The molecule has 140 valence electrons. The zero-order chi connectivity index (χ0) is 19.0. The van der Waals surface area contributed by atoms with Gasteiger partial charge in [-0.15, -0.1) is 0 Å². The summed E-state index contributed by atoms with van der Waals surface area (Å²) in [6.45, 7) is 4.66. The standard InChI is InChI=1S/C21H23N3O3/c1-14-11-20(25)16-7-3-4-8-18(16)24(14)13-21(26)23-10-6-5-9-19(23)17-12-15(2)27-22-17/h3-4,7-8,11-12,19H,5-6,9-10,13H2,1-2H3/t19-/m0/s1. The number of hydrogen-bond acceptors (Lipinski definition) is 4.